The van der Waals surface area contributed by atoms with Crippen LogP contribution in [0.25, 0.3) is 0 Å². The number of nitrogens with zero attached hydrogens (tertiary/aromatic N) is 1. The average molecular weight is 244 g/mol. The number of piperidine rings is 1. The predicted molar refractivity (Wildman–Crippen MR) is 75.4 cm³/mol. The minimum Gasteiger partial charge on any atom is -0.313 e. The van der Waals surface area contributed by atoms with E-state index in [-0.39, 0.29) is 0 Å². The summed E-state index contributed by atoms with van der Waals surface area (Å²) in [6, 6.07) is 0.757. The van der Waals surface area contributed by atoms with Gasteiger partial charge >= 0.3 is 0 Å². The number of hydrogen-bond acceptors (Lipinski definition) is 3. The minimum atomic E-state index is 0.757. The van der Waals surface area contributed by atoms with Gasteiger partial charge in [0.1, 0.15) is 0 Å². The van der Waals surface area contributed by atoms with Crippen LogP contribution in [0.1, 0.15) is 39.5 Å². The van der Waals surface area contributed by atoms with Crippen LogP contribution in [0, 0.1) is 0 Å². The van der Waals surface area contributed by atoms with Gasteiger partial charge in [0.15, 0.2) is 0 Å². The summed E-state index contributed by atoms with van der Waals surface area (Å²) in [6.45, 7) is 9.50. The highest BCUT2D eigenvalue weighted by atomic mass is 32.2. The van der Waals surface area contributed by atoms with Crippen molar-refractivity contribution in [1.82, 2.24) is 10.2 Å². The first kappa shape index (κ1) is 14.3. The van der Waals surface area contributed by atoms with Crippen LogP contribution in [0.2, 0.25) is 0 Å². The van der Waals surface area contributed by atoms with Crippen LogP contribution in [-0.2, 0) is 0 Å². The Labute approximate surface area is 106 Å². The van der Waals surface area contributed by atoms with Crippen molar-refractivity contribution in [3.05, 3.63) is 0 Å². The Morgan fingerprint density at radius 2 is 2.19 bits per heavy atom. The van der Waals surface area contributed by atoms with Gasteiger partial charge in [-0.05, 0) is 50.4 Å². The summed E-state index contributed by atoms with van der Waals surface area (Å²) in [7, 11) is 0. The lowest BCUT2D eigenvalue weighted by atomic mass is 10.0. The van der Waals surface area contributed by atoms with Gasteiger partial charge in [-0.25, -0.2) is 0 Å². The lowest BCUT2D eigenvalue weighted by molar-refractivity contribution is 0.234. The Balaban J connectivity index is 2.09. The molecule has 1 rings (SSSR count). The van der Waals surface area contributed by atoms with E-state index in [2.05, 4.69) is 35.8 Å². The highest BCUT2D eigenvalue weighted by Crippen LogP contribution is 2.09. The van der Waals surface area contributed by atoms with E-state index in [1.165, 1.54) is 63.4 Å². The molecule has 0 amide bonds. The van der Waals surface area contributed by atoms with E-state index in [1.807, 2.05) is 0 Å². The van der Waals surface area contributed by atoms with Crippen molar-refractivity contribution >= 4 is 11.8 Å². The first-order valence-electron chi connectivity index (χ1n) is 6.90. The number of likely N-dealkylation sites (N-methyl/N-ethyl adjacent to an activating group) is 1. The zero-order chi connectivity index (χ0) is 11.6. The van der Waals surface area contributed by atoms with Gasteiger partial charge in [0.05, 0.1) is 0 Å². The Morgan fingerprint density at radius 1 is 1.31 bits per heavy atom. The summed E-state index contributed by atoms with van der Waals surface area (Å²) >= 11 is 2.06. The van der Waals surface area contributed by atoms with E-state index in [9.17, 15) is 0 Å². The SMILES string of the molecule is CCSCCCN(CC)CC1CCCCN1. The lowest BCUT2D eigenvalue weighted by Gasteiger charge is -2.29. The molecule has 1 fully saturated rings. The molecule has 0 aromatic heterocycles. The molecular weight excluding hydrogens is 216 g/mol. The summed E-state index contributed by atoms with van der Waals surface area (Å²) in [5.41, 5.74) is 0. The molecule has 1 N–H and O–H groups in total. The summed E-state index contributed by atoms with van der Waals surface area (Å²) in [4.78, 5) is 2.61. The van der Waals surface area contributed by atoms with E-state index in [0.717, 1.165) is 6.04 Å². The largest absolute Gasteiger partial charge is 0.313 e. The van der Waals surface area contributed by atoms with Gasteiger partial charge in [0.2, 0.25) is 0 Å². The maximum atomic E-state index is 3.64. The number of rotatable bonds is 8. The first-order valence-corrected chi connectivity index (χ1v) is 8.05. The van der Waals surface area contributed by atoms with Crippen molar-refractivity contribution in [2.24, 2.45) is 0 Å². The molecule has 0 aromatic rings. The molecule has 0 bridgehead atoms. The Kier molecular flexibility index (Phi) is 8.34. The zero-order valence-corrected chi connectivity index (χ0v) is 11.8. The molecule has 3 heteroatoms. The van der Waals surface area contributed by atoms with Gasteiger partial charge in [-0.15, -0.1) is 0 Å². The van der Waals surface area contributed by atoms with Gasteiger partial charge in [0, 0.05) is 12.6 Å². The molecule has 0 aromatic carbocycles. The summed E-state index contributed by atoms with van der Waals surface area (Å²) in [5.74, 6) is 2.58. The molecule has 2 nitrogen and oxygen atoms in total. The fourth-order valence-electron chi connectivity index (χ4n) is 2.30. The smallest absolute Gasteiger partial charge is 0.0195 e. The zero-order valence-electron chi connectivity index (χ0n) is 11.0. The van der Waals surface area contributed by atoms with Gasteiger partial charge < -0.3 is 10.2 Å². The maximum absolute atomic E-state index is 3.64. The molecule has 0 aliphatic carbocycles. The average Bonchev–Trinajstić information content (AvgIpc) is 2.34. The Bertz CT molecular complexity index is 158. The van der Waals surface area contributed by atoms with Crippen molar-refractivity contribution < 1.29 is 0 Å². The van der Waals surface area contributed by atoms with Crippen molar-refractivity contribution in [2.45, 2.75) is 45.6 Å². The minimum absolute atomic E-state index is 0.757. The predicted octanol–water partition coefficient (Wildman–Crippen LogP) is 2.59. The van der Waals surface area contributed by atoms with Crippen LogP contribution >= 0.6 is 11.8 Å². The van der Waals surface area contributed by atoms with Crippen molar-refractivity contribution in [3.63, 3.8) is 0 Å². The molecule has 1 unspecified atom stereocenters. The second kappa shape index (κ2) is 9.32. The number of hydrogen-bond donors (Lipinski definition) is 1. The molecule has 1 atom stereocenters. The fraction of sp³-hybridized carbons (Fsp3) is 1.00. The van der Waals surface area contributed by atoms with Crippen molar-refractivity contribution in [2.75, 3.05) is 37.7 Å². The van der Waals surface area contributed by atoms with E-state index in [0.29, 0.717) is 0 Å². The van der Waals surface area contributed by atoms with E-state index in [4.69, 9.17) is 0 Å². The molecule has 96 valence electrons. The van der Waals surface area contributed by atoms with Crippen molar-refractivity contribution in [3.8, 4) is 0 Å². The normalized spacial score (nSPS) is 21.6. The summed E-state index contributed by atoms with van der Waals surface area (Å²) < 4.78 is 0. The highest BCUT2D eigenvalue weighted by Gasteiger charge is 2.15. The monoisotopic (exact) mass is 244 g/mol. The second-order valence-corrected chi connectivity index (χ2v) is 5.98. The van der Waals surface area contributed by atoms with Crippen LogP contribution < -0.4 is 5.32 Å². The van der Waals surface area contributed by atoms with E-state index < -0.39 is 0 Å². The molecule has 16 heavy (non-hydrogen) atoms. The molecule has 1 aliphatic heterocycles. The molecule has 0 radical (unpaired) electrons. The van der Waals surface area contributed by atoms with Gasteiger partial charge in [-0.2, -0.15) is 11.8 Å². The van der Waals surface area contributed by atoms with Crippen molar-refractivity contribution in [1.29, 1.82) is 0 Å². The molecule has 1 aliphatic rings. The van der Waals surface area contributed by atoms with Gasteiger partial charge in [-0.3, -0.25) is 0 Å². The number of nitrogens with one attached hydrogen (secondary N) is 1. The molecule has 0 saturated carbocycles. The van der Waals surface area contributed by atoms with Crippen LogP contribution in [0.4, 0.5) is 0 Å². The van der Waals surface area contributed by atoms with Crippen LogP contribution in [0.3, 0.4) is 0 Å². The Hall–Kier alpha value is 0.270. The summed E-state index contributed by atoms with van der Waals surface area (Å²) in [6.07, 6.45) is 5.51. The van der Waals surface area contributed by atoms with Crippen LogP contribution in [0.15, 0.2) is 0 Å². The van der Waals surface area contributed by atoms with Gasteiger partial charge in [-0.1, -0.05) is 20.3 Å². The molecule has 1 heterocycles. The molecule has 0 spiro atoms. The first-order chi connectivity index (χ1) is 7.86. The van der Waals surface area contributed by atoms with Crippen LogP contribution in [-0.4, -0.2) is 48.6 Å². The third-order valence-corrected chi connectivity index (χ3v) is 4.29. The maximum Gasteiger partial charge on any atom is 0.0195 e. The number of thioether (sulfide) groups is 1. The van der Waals surface area contributed by atoms with Gasteiger partial charge in [0.25, 0.3) is 0 Å². The fourth-order valence-corrected chi connectivity index (χ4v) is 2.93. The lowest BCUT2D eigenvalue weighted by Crippen LogP contribution is -2.44. The molecule has 1 saturated heterocycles. The second-order valence-electron chi connectivity index (χ2n) is 4.59. The quantitative estimate of drug-likeness (QED) is 0.661. The van der Waals surface area contributed by atoms with E-state index in [1.54, 1.807) is 0 Å². The summed E-state index contributed by atoms with van der Waals surface area (Å²) in [5, 5.41) is 3.64. The van der Waals surface area contributed by atoms with E-state index >= 15 is 0 Å². The Morgan fingerprint density at radius 3 is 2.81 bits per heavy atom. The standard InChI is InChI=1S/C13H28N2S/c1-3-15(10-7-11-16-4-2)12-13-8-5-6-9-14-13/h13-14H,3-12H2,1-2H3. The third kappa shape index (κ3) is 6.12. The van der Waals surface area contributed by atoms with Crippen LogP contribution in [0.5, 0.6) is 0 Å². The third-order valence-electron chi connectivity index (χ3n) is 3.31. The topological polar surface area (TPSA) is 15.3 Å². The molecular formula is C13H28N2S. The highest BCUT2D eigenvalue weighted by molar-refractivity contribution is 7.99.